The highest BCUT2D eigenvalue weighted by Crippen LogP contribution is 2.38. The molecule has 0 saturated carbocycles. The molecule has 2 rings (SSSR count). The predicted molar refractivity (Wildman–Crippen MR) is 75.3 cm³/mol. The number of nitrogen functional groups attached to an aromatic ring is 1. The Morgan fingerprint density at radius 3 is 2.53 bits per heavy atom. The maximum atomic E-state index is 10.0. The monoisotopic (exact) mass is 261 g/mol. The Kier molecular flexibility index (Phi) is 3.14. The third-order valence-electron chi connectivity index (χ3n) is 2.85. The molecule has 3 N–H and O–H groups in total. The van der Waals surface area contributed by atoms with Crippen LogP contribution in [0.15, 0.2) is 24.3 Å². The zero-order chi connectivity index (χ0) is 14.2. The van der Waals surface area contributed by atoms with Crippen LogP contribution in [0, 0.1) is 0 Å². The van der Waals surface area contributed by atoms with Gasteiger partial charge < -0.3 is 15.6 Å². The summed E-state index contributed by atoms with van der Waals surface area (Å²) in [6.45, 7) is 6.05. The summed E-state index contributed by atoms with van der Waals surface area (Å²) in [6.07, 6.45) is 0. The van der Waals surface area contributed by atoms with Crippen molar-refractivity contribution in [1.82, 2.24) is 9.78 Å². The van der Waals surface area contributed by atoms with E-state index in [2.05, 4.69) is 5.10 Å². The maximum Gasteiger partial charge on any atom is 0.132 e. The van der Waals surface area contributed by atoms with Gasteiger partial charge in [0.1, 0.15) is 23.0 Å². The molecule has 5 nitrogen and oxygen atoms in total. The molecule has 1 aromatic heterocycles. The van der Waals surface area contributed by atoms with Gasteiger partial charge in [0, 0.05) is 6.07 Å². The molecule has 0 atom stereocenters. The first-order valence-corrected chi connectivity index (χ1v) is 6.07. The molecular formula is C14H19N3O2. The highest BCUT2D eigenvalue weighted by atomic mass is 16.5. The number of methoxy groups -OCH3 is 1. The average molecular weight is 261 g/mol. The van der Waals surface area contributed by atoms with Crippen LogP contribution >= 0.6 is 0 Å². The highest BCUT2D eigenvalue weighted by molar-refractivity contribution is 5.75. The molecule has 0 aliphatic heterocycles. The lowest BCUT2D eigenvalue weighted by Crippen LogP contribution is -2.24. The largest absolute Gasteiger partial charge is 0.507 e. The Balaban J connectivity index is 2.61. The summed E-state index contributed by atoms with van der Waals surface area (Å²) in [5.74, 6) is 1.24. The Morgan fingerprint density at radius 2 is 2.00 bits per heavy atom. The number of aromatic nitrogens is 2. The molecule has 0 amide bonds. The van der Waals surface area contributed by atoms with Crippen LogP contribution in [-0.2, 0) is 5.54 Å². The Hall–Kier alpha value is -2.17. The summed E-state index contributed by atoms with van der Waals surface area (Å²) in [7, 11) is 1.56. The van der Waals surface area contributed by atoms with Crippen molar-refractivity contribution in [3.8, 4) is 22.8 Å². The molecule has 102 valence electrons. The van der Waals surface area contributed by atoms with E-state index >= 15 is 0 Å². The third-order valence-corrected chi connectivity index (χ3v) is 2.85. The summed E-state index contributed by atoms with van der Waals surface area (Å²) in [5.41, 5.74) is 6.92. The highest BCUT2D eigenvalue weighted by Gasteiger charge is 2.21. The number of hydrogen-bond acceptors (Lipinski definition) is 4. The van der Waals surface area contributed by atoms with Crippen LogP contribution in [0.2, 0.25) is 0 Å². The zero-order valence-corrected chi connectivity index (χ0v) is 11.6. The zero-order valence-electron chi connectivity index (χ0n) is 11.6. The first kappa shape index (κ1) is 13.3. The van der Waals surface area contributed by atoms with Gasteiger partial charge >= 0.3 is 0 Å². The second-order valence-corrected chi connectivity index (χ2v) is 5.39. The smallest absolute Gasteiger partial charge is 0.132 e. The van der Waals surface area contributed by atoms with Crippen LogP contribution in [0.3, 0.4) is 0 Å². The van der Waals surface area contributed by atoms with Crippen LogP contribution in [0.5, 0.6) is 11.5 Å². The van der Waals surface area contributed by atoms with Crippen molar-refractivity contribution in [2.45, 2.75) is 26.3 Å². The molecule has 0 bridgehead atoms. The molecule has 1 aromatic carbocycles. The van der Waals surface area contributed by atoms with Gasteiger partial charge in [0.2, 0.25) is 0 Å². The van der Waals surface area contributed by atoms with E-state index < -0.39 is 0 Å². The fraction of sp³-hybridized carbons (Fsp3) is 0.357. The molecule has 19 heavy (non-hydrogen) atoms. The van der Waals surface area contributed by atoms with Crippen LogP contribution in [-0.4, -0.2) is 22.0 Å². The number of nitrogens with two attached hydrogens (primary N) is 1. The van der Waals surface area contributed by atoms with E-state index in [9.17, 15) is 5.11 Å². The van der Waals surface area contributed by atoms with Crippen LogP contribution < -0.4 is 10.5 Å². The second kappa shape index (κ2) is 4.50. The van der Waals surface area contributed by atoms with E-state index in [-0.39, 0.29) is 11.3 Å². The lowest BCUT2D eigenvalue weighted by Gasteiger charge is -2.20. The number of phenols is 1. The van der Waals surface area contributed by atoms with Crippen LogP contribution in [0.25, 0.3) is 11.3 Å². The lowest BCUT2D eigenvalue weighted by molar-refractivity contribution is 0.362. The average Bonchev–Trinajstić information content (AvgIpc) is 2.70. The van der Waals surface area contributed by atoms with Gasteiger partial charge in [-0.2, -0.15) is 5.10 Å². The van der Waals surface area contributed by atoms with Crippen LogP contribution in [0.1, 0.15) is 20.8 Å². The number of phenolic OH excluding ortho intramolecular Hbond substituents is 1. The summed E-state index contributed by atoms with van der Waals surface area (Å²) in [6, 6.07) is 6.84. The number of aromatic hydroxyl groups is 1. The Labute approximate surface area is 112 Å². The van der Waals surface area contributed by atoms with Gasteiger partial charge in [0.05, 0.1) is 18.2 Å². The van der Waals surface area contributed by atoms with E-state index in [1.54, 1.807) is 36.1 Å². The van der Waals surface area contributed by atoms with E-state index in [0.717, 1.165) is 0 Å². The number of rotatable bonds is 2. The standard InChI is InChI=1S/C14H19N3O2/c1-14(2,3)17-12(15)8-9(16-17)13-10(18)6-5-7-11(13)19-4/h5-8,18H,15H2,1-4H3. The fourth-order valence-electron chi connectivity index (χ4n) is 2.00. The number of ether oxygens (including phenoxy) is 1. The Bertz CT molecular complexity index is 597. The molecule has 0 spiro atoms. The van der Waals surface area contributed by atoms with Crippen molar-refractivity contribution in [1.29, 1.82) is 0 Å². The van der Waals surface area contributed by atoms with Gasteiger partial charge in [0.15, 0.2) is 0 Å². The quantitative estimate of drug-likeness (QED) is 0.871. The SMILES string of the molecule is COc1cccc(O)c1-c1cc(N)n(C(C)(C)C)n1. The first-order valence-electron chi connectivity index (χ1n) is 6.07. The number of hydrogen-bond donors (Lipinski definition) is 2. The number of anilines is 1. The predicted octanol–water partition coefficient (Wildman–Crippen LogP) is 2.60. The van der Waals surface area contributed by atoms with E-state index in [1.165, 1.54) is 0 Å². The molecule has 1 heterocycles. The summed E-state index contributed by atoms with van der Waals surface area (Å²) in [5, 5.41) is 14.5. The molecule has 0 aliphatic carbocycles. The lowest BCUT2D eigenvalue weighted by atomic mass is 10.1. The van der Waals surface area contributed by atoms with E-state index in [0.29, 0.717) is 22.8 Å². The minimum atomic E-state index is -0.222. The summed E-state index contributed by atoms with van der Waals surface area (Å²) >= 11 is 0. The van der Waals surface area contributed by atoms with Crippen molar-refractivity contribution in [3.63, 3.8) is 0 Å². The van der Waals surface area contributed by atoms with Crippen molar-refractivity contribution >= 4 is 5.82 Å². The van der Waals surface area contributed by atoms with Crippen molar-refractivity contribution in [2.24, 2.45) is 0 Å². The molecule has 0 fully saturated rings. The van der Waals surface area contributed by atoms with Gasteiger partial charge in [-0.05, 0) is 32.9 Å². The van der Waals surface area contributed by atoms with Crippen molar-refractivity contribution in [2.75, 3.05) is 12.8 Å². The molecule has 0 aliphatic rings. The first-order chi connectivity index (χ1) is 8.84. The van der Waals surface area contributed by atoms with Gasteiger partial charge in [-0.3, -0.25) is 0 Å². The number of nitrogens with zero attached hydrogens (tertiary/aromatic N) is 2. The van der Waals surface area contributed by atoms with Gasteiger partial charge in [0.25, 0.3) is 0 Å². The molecule has 2 aromatic rings. The second-order valence-electron chi connectivity index (χ2n) is 5.39. The van der Waals surface area contributed by atoms with Crippen LogP contribution in [0.4, 0.5) is 5.82 Å². The van der Waals surface area contributed by atoms with E-state index in [4.69, 9.17) is 10.5 Å². The minimum absolute atomic E-state index is 0.123. The van der Waals surface area contributed by atoms with Gasteiger partial charge in [-0.25, -0.2) is 4.68 Å². The molecule has 0 saturated heterocycles. The summed E-state index contributed by atoms with van der Waals surface area (Å²) < 4.78 is 7.00. The Morgan fingerprint density at radius 1 is 1.32 bits per heavy atom. The molecule has 5 heteroatoms. The maximum absolute atomic E-state index is 10.0. The topological polar surface area (TPSA) is 73.3 Å². The van der Waals surface area contributed by atoms with Gasteiger partial charge in [-0.1, -0.05) is 6.07 Å². The minimum Gasteiger partial charge on any atom is -0.507 e. The van der Waals surface area contributed by atoms with Crippen molar-refractivity contribution < 1.29 is 9.84 Å². The van der Waals surface area contributed by atoms with Crippen molar-refractivity contribution in [3.05, 3.63) is 24.3 Å². The molecule has 0 unspecified atom stereocenters. The summed E-state index contributed by atoms with van der Waals surface area (Å²) in [4.78, 5) is 0. The normalized spacial score (nSPS) is 11.6. The fourth-order valence-corrected chi connectivity index (χ4v) is 2.00. The molecular weight excluding hydrogens is 242 g/mol. The van der Waals surface area contributed by atoms with E-state index in [1.807, 2.05) is 20.8 Å². The third kappa shape index (κ3) is 2.36. The molecule has 0 radical (unpaired) electrons. The van der Waals surface area contributed by atoms with Gasteiger partial charge in [-0.15, -0.1) is 0 Å². The number of benzene rings is 1.